The minimum absolute atomic E-state index is 0.134. The predicted octanol–water partition coefficient (Wildman–Crippen LogP) is 2.54. The van der Waals surface area contributed by atoms with E-state index in [1.54, 1.807) is 31.3 Å². The Bertz CT molecular complexity index is 377. The summed E-state index contributed by atoms with van der Waals surface area (Å²) in [6.45, 7) is 2.46. The van der Waals surface area contributed by atoms with Crippen molar-refractivity contribution in [1.82, 2.24) is 5.32 Å². The number of hydrogen-bond donors (Lipinski definition) is 1. The Morgan fingerprint density at radius 3 is 2.25 bits per heavy atom. The molecule has 1 aliphatic rings. The van der Waals surface area contributed by atoms with Gasteiger partial charge in [-0.25, -0.2) is 8.78 Å². The van der Waals surface area contributed by atoms with Crippen LogP contribution in [-0.2, 0) is 5.54 Å². The van der Waals surface area contributed by atoms with Crippen LogP contribution in [0.5, 0.6) is 5.75 Å². The smallest absolute Gasteiger partial charge is 0.272 e. The van der Waals surface area contributed by atoms with E-state index in [9.17, 15) is 8.78 Å². The highest BCUT2D eigenvalue weighted by atomic mass is 19.3. The highest BCUT2D eigenvalue weighted by Crippen LogP contribution is 2.59. The zero-order valence-electron chi connectivity index (χ0n) is 9.39. The monoisotopic (exact) mass is 227 g/mol. The molecule has 0 amide bonds. The van der Waals surface area contributed by atoms with Crippen LogP contribution in [0.25, 0.3) is 0 Å². The maximum absolute atomic E-state index is 13.3. The Hall–Kier alpha value is -1.16. The van der Waals surface area contributed by atoms with Crippen LogP contribution in [0.2, 0.25) is 0 Å². The Morgan fingerprint density at radius 2 is 1.88 bits per heavy atom. The third-order valence-corrected chi connectivity index (χ3v) is 3.07. The van der Waals surface area contributed by atoms with Gasteiger partial charge in [-0.05, 0) is 31.7 Å². The molecule has 0 heterocycles. The molecule has 88 valence electrons. The number of rotatable bonds is 4. The number of benzene rings is 1. The molecule has 4 heteroatoms. The minimum atomic E-state index is -2.64. The SMILES string of the molecule is CCOc1ccc(C2(NC)CC2(F)F)cc1. The van der Waals surface area contributed by atoms with Crippen molar-refractivity contribution in [2.75, 3.05) is 13.7 Å². The molecule has 1 aromatic rings. The molecule has 1 atom stereocenters. The average Bonchev–Trinajstić information content (AvgIpc) is 2.84. The van der Waals surface area contributed by atoms with Gasteiger partial charge in [-0.2, -0.15) is 0 Å². The zero-order chi connectivity index (χ0) is 11.8. The van der Waals surface area contributed by atoms with Crippen LogP contribution in [0, 0.1) is 0 Å². The summed E-state index contributed by atoms with van der Waals surface area (Å²) in [7, 11) is 1.57. The first-order chi connectivity index (χ1) is 7.55. The Balaban J connectivity index is 2.22. The van der Waals surface area contributed by atoms with Crippen LogP contribution in [0.1, 0.15) is 18.9 Å². The topological polar surface area (TPSA) is 21.3 Å². The lowest BCUT2D eigenvalue weighted by molar-refractivity contribution is 0.0804. The van der Waals surface area contributed by atoms with Gasteiger partial charge in [0.2, 0.25) is 0 Å². The van der Waals surface area contributed by atoms with E-state index in [4.69, 9.17) is 4.74 Å². The zero-order valence-corrected chi connectivity index (χ0v) is 9.39. The number of ether oxygens (including phenoxy) is 1. The van der Waals surface area contributed by atoms with E-state index in [2.05, 4.69) is 5.32 Å². The highest BCUT2D eigenvalue weighted by molar-refractivity contribution is 5.39. The van der Waals surface area contributed by atoms with Crippen LogP contribution in [0.3, 0.4) is 0 Å². The van der Waals surface area contributed by atoms with Crippen LogP contribution in [0.4, 0.5) is 8.78 Å². The fourth-order valence-electron chi connectivity index (χ4n) is 2.02. The van der Waals surface area contributed by atoms with Gasteiger partial charge < -0.3 is 10.1 Å². The fraction of sp³-hybridized carbons (Fsp3) is 0.500. The summed E-state index contributed by atoms with van der Waals surface area (Å²) in [5, 5.41) is 2.72. The van der Waals surface area contributed by atoms with Gasteiger partial charge in [-0.3, -0.25) is 0 Å². The number of alkyl halides is 2. The molecule has 16 heavy (non-hydrogen) atoms. The second kappa shape index (κ2) is 3.70. The van der Waals surface area contributed by atoms with Gasteiger partial charge in [0.05, 0.1) is 6.61 Å². The van der Waals surface area contributed by atoms with E-state index in [1.807, 2.05) is 6.92 Å². The molecule has 1 N–H and O–H groups in total. The van der Waals surface area contributed by atoms with Gasteiger partial charge >= 0.3 is 0 Å². The van der Waals surface area contributed by atoms with Gasteiger partial charge in [-0.15, -0.1) is 0 Å². The van der Waals surface area contributed by atoms with Crippen molar-refractivity contribution in [2.24, 2.45) is 0 Å². The molecule has 2 rings (SSSR count). The van der Waals surface area contributed by atoms with E-state index in [-0.39, 0.29) is 6.42 Å². The van der Waals surface area contributed by atoms with Crippen LogP contribution < -0.4 is 10.1 Å². The normalized spacial score (nSPS) is 26.5. The largest absolute Gasteiger partial charge is 0.494 e. The van der Waals surface area contributed by atoms with E-state index < -0.39 is 11.5 Å². The first-order valence-electron chi connectivity index (χ1n) is 5.36. The van der Waals surface area contributed by atoms with Crippen molar-refractivity contribution in [2.45, 2.75) is 24.8 Å². The number of nitrogens with one attached hydrogen (secondary N) is 1. The van der Waals surface area contributed by atoms with E-state index in [0.29, 0.717) is 17.9 Å². The predicted molar refractivity (Wildman–Crippen MR) is 57.9 cm³/mol. The van der Waals surface area contributed by atoms with Crippen molar-refractivity contribution < 1.29 is 13.5 Å². The molecule has 1 unspecified atom stereocenters. The highest BCUT2D eigenvalue weighted by Gasteiger charge is 2.71. The van der Waals surface area contributed by atoms with E-state index >= 15 is 0 Å². The second-order valence-electron chi connectivity index (χ2n) is 3.99. The van der Waals surface area contributed by atoms with Crippen molar-refractivity contribution in [3.63, 3.8) is 0 Å². The number of halogens is 2. The van der Waals surface area contributed by atoms with Gasteiger partial charge in [0.15, 0.2) is 0 Å². The molecule has 0 spiro atoms. The lowest BCUT2D eigenvalue weighted by atomic mass is 10.0. The van der Waals surface area contributed by atoms with Gasteiger partial charge in [0.25, 0.3) is 5.92 Å². The molecule has 0 saturated heterocycles. The minimum Gasteiger partial charge on any atom is -0.494 e. The molecule has 0 radical (unpaired) electrons. The van der Waals surface area contributed by atoms with Crippen molar-refractivity contribution in [3.8, 4) is 5.75 Å². The molecule has 2 nitrogen and oxygen atoms in total. The average molecular weight is 227 g/mol. The van der Waals surface area contributed by atoms with Gasteiger partial charge in [0, 0.05) is 6.42 Å². The third-order valence-electron chi connectivity index (χ3n) is 3.07. The Kier molecular flexibility index (Phi) is 2.62. The first kappa shape index (κ1) is 11.3. The molecule has 1 fully saturated rings. The molecule has 1 aromatic carbocycles. The molecule has 1 aliphatic carbocycles. The molecule has 1 saturated carbocycles. The maximum atomic E-state index is 13.3. The van der Waals surface area contributed by atoms with Crippen molar-refractivity contribution >= 4 is 0 Å². The van der Waals surface area contributed by atoms with E-state index in [0.717, 1.165) is 0 Å². The molecule has 0 bridgehead atoms. The van der Waals surface area contributed by atoms with Crippen molar-refractivity contribution in [3.05, 3.63) is 29.8 Å². The Labute approximate surface area is 93.6 Å². The number of hydrogen-bond acceptors (Lipinski definition) is 2. The molecule has 0 aliphatic heterocycles. The molecule has 0 aromatic heterocycles. The lowest BCUT2D eigenvalue weighted by Crippen LogP contribution is -2.31. The fourth-order valence-corrected chi connectivity index (χ4v) is 2.02. The van der Waals surface area contributed by atoms with Crippen LogP contribution >= 0.6 is 0 Å². The third kappa shape index (κ3) is 1.57. The summed E-state index contributed by atoms with van der Waals surface area (Å²) in [6.07, 6.45) is -0.134. The second-order valence-corrected chi connectivity index (χ2v) is 3.99. The van der Waals surface area contributed by atoms with Gasteiger partial charge in [-0.1, -0.05) is 12.1 Å². The summed E-state index contributed by atoms with van der Waals surface area (Å²) >= 11 is 0. The molecular weight excluding hydrogens is 212 g/mol. The first-order valence-corrected chi connectivity index (χ1v) is 5.36. The van der Waals surface area contributed by atoms with Gasteiger partial charge in [0.1, 0.15) is 11.3 Å². The van der Waals surface area contributed by atoms with Crippen LogP contribution in [-0.4, -0.2) is 19.6 Å². The maximum Gasteiger partial charge on any atom is 0.272 e. The lowest BCUT2D eigenvalue weighted by Gasteiger charge is -2.16. The summed E-state index contributed by atoms with van der Waals surface area (Å²) in [4.78, 5) is 0. The summed E-state index contributed by atoms with van der Waals surface area (Å²) in [5.41, 5.74) is -0.555. The van der Waals surface area contributed by atoms with Crippen molar-refractivity contribution in [1.29, 1.82) is 0 Å². The van der Waals surface area contributed by atoms with E-state index in [1.165, 1.54) is 0 Å². The summed E-state index contributed by atoms with van der Waals surface area (Å²) < 4.78 is 31.9. The summed E-state index contributed by atoms with van der Waals surface area (Å²) in [6, 6.07) is 6.85. The van der Waals surface area contributed by atoms with Crippen LogP contribution in [0.15, 0.2) is 24.3 Å². The Morgan fingerprint density at radius 1 is 1.31 bits per heavy atom. The quantitative estimate of drug-likeness (QED) is 0.853. The standard InChI is InChI=1S/C12H15F2NO/c1-3-16-10-6-4-9(5-7-10)11(15-2)8-12(11,13)14/h4-7,15H,3,8H2,1-2H3. The summed E-state index contributed by atoms with van der Waals surface area (Å²) in [5.74, 6) is -1.93. The molecular formula is C12H15F2NO.